The molecule has 1 saturated carbocycles. The first kappa shape index (κ1) is 17.2. The van der Waals surface area contributed by atoms with Gasteiger partial charge in [0.1, 0.15) is 11.5 Å². The summed E-state index contributed by atoms with van der Waals surface area (Å²) in [6.45, 7) is 1.87. The van der Waals surface area contributed by atoms with Crippen molar-refractivity contribution < 1.29 is 19.1 Å². The van der Waals surface area contributed by atoms with Crippen LogP contribution >= 0.6 is 0 Å². The summed E-state index contributed by atoms with van der Waals surface area (Å²) in [6, 6.07) is 16.8. The van der Waals surface area contributed by atoms with Crippen LogP contribution in [0.25, 0.3) is 0 Å². The maximum atomic E-state index is 12.7. The van der Waals surface area contributed by atoms with Crippen molar-refractivity contribution in [2.45, 2.75) is 37.7 Å². The van der Waals surface area contributed by atoms with E-state index in [-0.39, 0.29) is 5.97 Å². The van der Waals surface area contributed by atoms with Crippen molar-refractivity contribution in [3.8, 4) is 0 Å². The Morgan fingerprint density at radius 2 is 1.72 bits per heavy atom. The molecule has 0 radical (unpaired) electrons. The molecule has 0 aromatic heterocycles. The van der Waals surface area contributed by atoms with Crippen LogP contribution in [0.1, 0.15) is 40.7 Å². The lowest BCUT2D eigenvalue weighted by Gasteiger charge is -2.32. The molecule has 4 heteroatoms. The van der Waals surface area contributed by atoms with Gasteiger partial charge < -0.3 is 9.47 Å². The fraction of sp³-hybridized carbons (Fsp3) is 0.333. The van der Waals surface area contributed by atoms with E-state index in [1.54, 1.807) is 6.07 Å². The number of methoxy groups -OCH3 is 1. The lowest BCUT2D eigenvalue weighted by atomic mass is 9.77. The third kappa shape index (κ3) is 3.04. The maximum Gasteiger partial charge on any atom is 0.338 e. The Kier molecular flexibility index (Phi) is 4.88. The Labute approximate surface area is 147 Å². The van der Waals surface area contributed by atoms with Crippen LogP contribution in [-0.2, 0) is 19.7 Å². The fourth-order valence-corrected chi connectivity index (χ4v) is 3.73. The minimum atomic E-state index is -0.936. The van der Waals surface area contributed by atoms with Gasteiger partial charge in [0.15, 0.2) is 0 Å². The Morgan fingerprint density at radius 3 is 2.40 bits per heavy atom. The van der Waals surface area contributed by atoms with Gasteiger partial charge in [-0.2, -0.15) is 0 Å². The van der Waals surface area contributed by atoms with E-state index in [1.807, 2.05) is 55.5 Å². The van der Waals surface area contributed by atoms with Crippen LogP contribution in [0, 0.1) is 6.92 Å². The van der Waals surface area contributed by atoms with E-state index in [4.69, 9.17) is 9.47 Å². The van der Waals surface area contributed by atoms with E-state index >= 15 is 0 Å². The van der Waals surface area contributed by atoms with Crippen molar-refractivity contribution in [2.75, 3.05) is 7.11 Å². The Balaban J connectivity index is 1.95. The van der Waals surface area contributed by atoms with Gasteiger partial charge in [-0.3, -0.25) is 4.79 Å². The summed E-state index contributed by atoms with van der Waals surface area (Å²) in [7, 11) is 1.38. The lowest BCUT2D eigenvalue weighted by Crippen LogP contribution is -2.45. The van der Waals surface area contributed by atoms with Crippen LogP contribution < -0.4 is 0 Å². The lowest BCUT2D eigenvalue weighted by molar-refractivity contribution is -0.151. The molecule has 0 amide bonds. The number of carbonyl (C=O) groups excluding carboxylic acids is 2. The molecule has 130 valence electrons. The zero-order valence-corrected chi connectivity index (χ0v) is 14.5. The van der Waals surface area contributed by atoms with Gasteiger partial charge in [0.05, 0.1) is 12.7 Å². The van der Waals surface area contributed by atoms with E-state index in [0.29, 0.717) is 18.4 Å². The summed E-state index contributed by atoms with van der Waals surface area (Å²) in [5.41, 5.74) is 1.28. The van der Waals surface area contributed by atoms with Crippen molar-refractivity contribution in [3.05, 3.63) is 71.3 Å². The molecule has 2 unspecified atom stereocenters. The molecule has 0 heterocycles. The standard InChI is InChI=1S/C21H22O4/c1-15-9-6-7-12-17(15)19(22)25-18-13-8-14-21(18,20(23)24-2)16-10-4-3-5-11-16/h3-7,9-12,18H,8,13-14H2,1-2H3. The molecular formula is C21H22O4. The molecule has 25 heavy (non-hydrogen) atoms. The first-order valence-corrected chi connectivity index (χ1v) is 8.50. The highest BCUT2D eigenvalue weighted by Crippen LogP contribution is 2.44. The van der Waals surface area contributed by atoms with Crippen molar-refractivity contribution in [1.29, 1.82) is 0 Å². The second-order valence-corrected chi connectivity index (χ2v) is 6.43. The molecule has 2 atom stereocenters. The molecule has 0 saturated heterocycles. The monoisotopic (exact) mass is 338 g/mol. The molecule has 3 rings (SSSR count). The van der Waals surface area contributed by atoms with Crippen molar-refractivity contribution in [2.24, 2.45) is 0 Å². The largest absolute Gasteiger partial charge is 0.468 e. The van der Waals surface area contributed by atoms with Crippen LogP contribution in [0.4, 0.5) is 0 Å². The number of aryl methyl sites for hydroxylation is 1. The number of carbonyl (C=O) groups is 2. The number of benzene rings is 2. The Bertz CT molecular complexity index is 768. The molecule has 0 N–H and O–H groups in total. The number of hydrogen-bond acceptors (Lipinski definition) is 4. The van der Waals surface area contributed by atoms with Gasteiger partial charge >= 0.3 is 11.9 Å². The molecular weight excluding hydrogens is 316 g/mol. The molecule has 1 fully saturated rings. The molecule has 4 nitrogen and oxygen atoms in total. The first-order chi connectivity index (χ1) is 12.1. The van der Waals surface area contributed by atoms with Crippen molar-refractivity contribution in [1.82, 2.24) is 0 Å². The Morgan fingerprint density at radius 1 is 1.04 bits per heavy atom. The van der Waals surface area contributed by atoms with Crippen LogP contribution in [0.2, 0.25) is 0 Å². The summed E-state index contributed by atoms with van der Waals surface area (Å²) < 4.78 is 10.9. The van der Waals surface area contributed by atoms with E-state index in [0.717, 1.165) is 17.5 Å². The average molecular weight is 338 g/mol. The molecule has 0 bridgehead atoms. The maximum absolute atomic E-state index is 12.7. The van der Waals surface area contributed by atoms with E-state index in [1.165, 1.54) is 7.11 Å². The zero-order chi connectivity index (χ0) is 17.9. The molecule has 1 aliphatic rings. The van der Waals surface area contributed by atoms with Crippen LogP contribution in [0.15, 0.2) is 54.6 Å². The van der Waals surface area contributed by atoms with Gasteiger partial charge in [0.25, 0.3) is 0 Å². The van der Waals surface area contributed by atoms with E-state index in [9.17, 15) is 9.59 Å². The molecule has 0 spiro atoms. The highest BCUT2D eigenvalue weighted by molar-refractivity contribution is 5.92. The number of rotatable bonds is 4. The zero-order valence-electron chi connectivity index (χ0n) is 14.5. The second-order valence-electron chi connectivity index (χ2n) is 6.43. The minimum absolute atomic E-state index is 0.348. The summed E-state index contributed by atoms with van der Waals surface area (Å²) in [4.78, 5) is 25.4. The topological polar surface area (TPSA) is 52.6 Å². The highest BCUT2D eigenvalue weighted by Gasteiger charge is 2.53. The average Bonchev–Trinajstić information content (AvgIpc) is 3.06. The van der Waals surface area contributed by atoms with Crippen molar-refractivity contribution >= 4 is 11.9 Å². The van der Waals surface area contributed by atoms with Gasteiger partial charge in [0, 0.05) is 0 Å². The summed E-state index contributed by atoms with van der Waals surface area (Å²) in [5, 5.41) is 0. The second kappa shape index (κ2) is 7.09. The third-order valence-electron chi connectivity index (χ3n) is 5.04. The van der Waals surface area contributed by atoms with E-state index in [2.05, 4.69) is 0 Å². The number of esters is 2. The Hall–Kier alpha value is -2.62. The van der Waals surface area contributed by atoms with Crippen LogP contribution in [-0.4, -0.2) is 25.2 Å². The van der Waals surface area contributed by atoms with Gasteiger partial charge in [-0.1, -0.05) is 48.5 Å². The molecule has 0 aliphatic heterocycles. The van der Waals surface area contributed by atoms with Crippen LogP contribution in [0.3, 0.4) is 0 Å². The number of ether oxygens (including phenoxy) is 2. The highest BCUT2D eigenvalue weighted by atomic mass is 16.6. The number of hydrogen-bond donors (Lipinski definition) is 0. The predicted octanol–water partition coefficient (Wildman–Crippen LogP) is 3.82. The minimum Gasteiger partial charge on any atom is -0.468 e. The predicted molar refractivity (Wildman–Crippen MR) is 94.4 cm³/mol. The normalized spacial score (nSPS) is 22.4. The molecule has 2 aromatic carbocycles. The smallest absolute Gasteiger partial charge is 0.338 e. The van der Waals surface area contributed by atoms with Crippen molar-refractivity contribution in [3.63, 3.8) is 0 Å². The quantitative estimate of drug-likeness (QED) is 0.796. The third-order valence-corrected chi connectivity index (χ3v) is 5.04. The van der Waals surface area contributed by atoms with E-state index < -0.39 is 17.5 Å². The SMILES string of the molecule is COC(=O)C1(c2ccccc2)CCCC1OC(=O)c1ccccc1C. The van der Waals surface area contributed by atoms with Gasteiger partial charge in [-0.15, -0.1) is 0 Å². The molecule has 1 aliphatic carbocycles. The summed E-state index contributed by atoms with van der Waals surface area (Å²) in [5.74, 6) is -0.743. The summed E-state index contributed by atoms with van der Waals surface area (Å²) in [6.07, 6.45) is 1.52. The van der Waals surface area contributed by atoms with Crippen LogP contribution in [0.5, 0.6) is 0 Å². The first-order valence-electron chi connectivity index (χ1n) is 8.50. The fourth-order valence-electron chi connectivity index (χ4n) is 3.73. The van der Waals surface area contributed by atoms with Gasteiger partial charge in [0.2, 0.25) is 0 Å². The van der Waals surface area contributed by atoms with Gasteiger partial charge in [-0.25, -0.2) is 4.79 Å². The summed E-state index contributed by atoms with van der Waals surface area (Å²) >= 11 is 0. The molecule has 2 aromatic rings. The van der Waals surface area contributed by atoms with Gasteiger partial charge in [-0.05, 0) is 43.4 Å².